The molecule has 1 aromatic carbocycles. The highest BCUT2D eigenvalue weighted by Gasteiger charge is 2.30. The van der Waals surface area contributed by atoms with Gasteiger partial charge in [-0.3, -0.25) is 4.98 Å². The molecule has 0 saturated heterocycles. The average Bonchev–Trinajstić information content (AvgIpc) is 3.28. The molecule has 0 saturated carbocycles. The van der Waals surface area contributed by atoms with E-state index in [2.05, 4.69) is 14.7 Å². The maximum atomic E-state index is 12.9. The third-order valence-electron chi connectivity index (χ3n) is 5.05. The zero-order chi connectivity index (χ0) is 26.3. The SMILES string of the molecule is Cc1cc(-c2ccc(C(F)(F)F)cc2)cc(-c2cccc(-c3ccc(S(=O)(=O)NC(C)(C)C)s3)n2)n1. The standard InChI is InChI=1S/C26H24F3N3O2S2/c1-16-14-18(17-8-10-19(11-9-17)26(27,28)29)15-22(30-16)20-6-5-7-21(31-20)23-12-13-24(35-23)36(33,34)32-25(2,3)4/h5-15,32H,1-4H3. The second-order valence-corrected chi connectivity index (χ2v) is 12.3. The molecule has 3 heterocycles. The second kappa shape index (κ2) is 9.42. The highest BCUT2D eigenvalue weighted by Crippen LogP contribution is 2.34. The summed E-state index contributed by atoms with van der Waals surface area (Å²) in [4.78, 5) is 9.93. The number of hydrogen-bond acceptors (Lipinski definition) is 5. The predicted molar refractivity (Wildman–Crippen MR) is 136 cm³/mol. The molecule has 5 nitrogen and oxygen atoms in total. The van der Waals surface area contributed by atoms with Gasteiger partial charge in [0.15, 0.2) is 0 Å². The molecule has 3 aromatic heterocycles. The van der Waals surface area contributed by atoms with Crippen LogP contribution in [0, 0.1) is 6.92 Å². The number of halogens is 3. The number of pyridine rings is 2. The van der Waals surface area contributed by atoms with Crippen molar-refractivity contribution in [2.75, 3.05) is 0 Å². The normalized spacial score (nSPS) is 12.6. The molecule has 0 aliphatic heterocycles. The van der Waals surface area contributed by atoms with Crippen molar-refractivity contribution in [3.05, 3.63) is 78.0 Å². The second-order valence-electron chi connectivity index (χ2n) is 9.34. The summed E-state index contributed by atoms with van der Waals surface area (Å²) in [5, 5.41) is 0. The van der Waals surface area contributed by atoms with E-state index in [0.717, 1.165) is 29.0 Å². The number of alkyl halides is 3. The molecule has 0 amide bonds. The Morgan fingerprint density at radius 2 is 1.47 bits per heavy atom. The van der Waals surface area contributed by atoms with E-state index in [4.69, 9.17) is 0 Å². The van der Waals surface area contributed by atoms with Gasteiger partial charge in [0.1, 0.15) is 4.21 Å². The Hall–Kier alpha value is -3.08. The molecule has 0 radical (unpaired) electrons. The van der Waals surface area contributed by atoms with Crippen molar-refractivity contribution in [3.8, 4) is 33.1 Å². The molecular formula is C26H24F3N3O2S2. The first-order chi connectivity index (χ1) is 16.7. The molecule has 0 aliphatic rings. The van der Waals surface area contributed by atoms with E-state index in [9.17, 15) is 21.6 Å². The molecule has 36 heavy (non-hydrogen) atoms. The topological polar surface area (TPSA) is 72.0 Å². The summed E-state index contributed by atoms with van der Waals surface area (Å²) < 4.78 is 67.0. The summed E-state index contributed by atoms with van der Waals surface area (Å²) in [6, 6.07) is 17.2. The van der Waals surface area contributed by atoms with E-state index < -0.39 is 27.3 Å². The van der Waals surface area contributed by atoms with Crippen molar-refractivity contribution in [1.29, 1.82) is 0 Å². The summed E-state index contributed by atoms with van der Waals surface area (Å²) in [6.45, 7) is 7.13. The van der Waals surface area contributed by atoms with Gasteiger partial charge in [0.2, 0.25) is 0 Å². The van der Waals surface area contributed by atoms with Gasteiger partial charge in [-0.25, -0.2) is 18.1 Å². The molecule has 0 aliphatic carbocycles. The fraction of sp³-hybridized carbons (Fsp3) is 0.231. The quantitative estimate of drug-likeness (QED) is 0.303. The molecule has 0 bridgehead atoms. The Morgan fingerprint density at radius 3 is 2.11 bits per heavy atom. The zero-order valence-electron chi connectivity index (χ0n) is 20.0. The first-order valence-corrected chi connectivity index (χ1v) is 13.3. The first-order valence-electron chi connectivity index (χ1n) is 11.0. The minimum Gasteiger partial charge on any atom is -0.251 e. The van der Waals surface area contributed by atoms with Crippen LogP contribution in [0.4, 0.5) is 13.2 Å². The molecular weight excluding hydrogens is 507 g/mol. The third-order valence-corrected chi connectivity index (χ3v) is 8.41. The molecule has 188 valence electrons. The molecule has 4 aromatic rings. The third kappa shape index (κ3) is 6.00. The van der Waals surface area contributed by atoms with Gasteiger partial charge in [0.05, 0.1) is 27.5 Å². The Balaban J connectivity index is 1.67. The molecule has 0 atom stereocenters. The Morgan fingerprint density at radius 1 is 0.806 bits per heavy atom. The lowest BCUT2D eigenvalue weighted by atomic mass is 10.0. The molecule has 10 heteroatoms. The molecule has 0 fully saturated rings. The van der Waals surface area contributed by atoms with Gasteiger partial charge >= 0.3 is 6.18 Å². The van der Waals surface area contributed by atoms with Crippen LogP contribution in [0.25, 0.3) is 33.1 Å². The zero-order valence-corrected chi connectivity index (χ0v) is 21.6. The number of hydrogen-bond donors (Lipinski definition) is 1. The van der Waals surface area contributed by atoms with Crippen LogP contribution in [0.5, 0.6) is 0 Å². The number of nitrogens with one attached hydrogen (secondary N) is 1. The van der Waals surface area contributed by atoms with Crippen LogP contribution in [0.15, 0.2) is 70.9 Å². The van der Waals surface area contributed by atoms with Crippen LogP contribution in [-0.2, 0) is 16.2 Å². The Bertz CT molecular complexity index is 1500. The first kappa shape index (κ1) is 26.0. The summed E-state index contributed by atoms with van der Waals surface area (Å²) >= 11 is 1.12. The van der Waals surface area contributed by atoms with Crippen LogP contribution < -0.4 is 4.72 Å². The number of benzene rings is 1. The highest BCUT2D eigenvalue weighted by molar-refractivity contribution is 7.91. The van der Waals surface area contributed by atoms with Crippen molar-refractivity contribution < 1.29 is 21.6 Å². The van der Waals surface area contributed by atoms with Gasteiger partial charge in [-0.2, -0.15) is 13.2 Å². The van der Waals surface area contributed by atoms with Crippen molar-refractivity contribution in [2.24, 2.45) is 0 Å². The lowest BCUT2D eigenvalue weighted by molar-refractivity contribution is -0.137. The maximum Gasteiger partial charge on any atom is 0.416 e. The number of sulfonamides is 1. The molecule has 1 N–H and O–H groups in total. The summed E-state index contributed by atoms with van der Waals surface area (Å²) in [5.41, 5.74) is 2.44. The number of thiophene rings is 1. The monoisotopic (exact) mass is 531 g/mol. The van der Waals surface area contributed by atoms with Crippen LogP contribution in [0.1, 0.15) is 32.0 Å². The Kier molecular flexibility index (Phi) is 6.80. The fourth-order valence-corrected chi connectivity index (χ4v) is 6.28. The van der Waals surface area contributed by atoms with Crippen LogP contribution >= 0.6 is 11.3 Å². The van der Waals surface area contributed by atoms with Gasteiger partial charge in [-0.1, -0.05) is 18.2 Å². The van der Waals surface area contributed by atoms with E-state index >= 15 is 0 Å². The number of nitrogens with zero attached hydrogens (tertiary/aromatic N) is 2. The van der Waals surface area contributed by atoms with Gasteiger partial charge in [-0.15, -0.1) is 11.3 Å². The van der Waals surface area contributed by atoms with Gasteiger partial charge in [0.25, 0.3) is 10.0 Å². The minimum atomic E-state index is -4.40. The van der Waals surface area contributed by atoms with Crippen molar-refractivity contribution >= 4 is 21.4 Å². The maximum absolute atomic E-state index is 12.9. The van der Waals surface area contributed by atoms with Gasteiger partial charge in [0, 0.05) is 11.2 Å². The van der Waals surface area contributed by atoms with E-state index in [1.165, 1.54) is 12.1 Å². The lowest BCUT2D eigenvalue weighted by Crippen LogP contribution is -2.40. The van der Waals surface area contributed by atoms with Crippen molar-refractivity contribution in [2.45, 2.75) is 43.6 Å². The van der Waals surface area contributed by atoms with Crippen molar-refractivity contribution in [1.82, 2.24) is 14.7 Å². The largest absolute Gasteiger partial charge is 0.416 e. The number of aryl methyl sites for hydroxylation is 1. The molecule has 4 rings (SSSR count). The van der Waals surface area contributed by atoms with E-state index in [0.29, 0.717) is 33.2 Å². The van der Waals surface area contributed by atoms with Crippen molar-refractivity contribution in [3.63, 3.8) is 0 Å². The van der Waals surface area contributed by atoms with E-state index in [1.807, 2.05) is 0 Å². The smallest absolute Gasteiger partial charge is 0.251 e. The van der Waals surface area contributed by atoms with Crippen LogP contribution in [0.2, 0.25) is 0 Å². The summed E-state index contributed by atoms with van der Waals surface area (Å²) in [5.74, 6) is 0. The van der Waals surface area contributed by atoms with Gasteiger partial charge in [-0.05, 0) is 87.4 Å². The summed E-state index contributed by atoms with van der Waals surface area (Å²) in [6.07, 6.45) is -4.40. The minimum absolute atomic E-state index is 0.192. The van der Waals surface area contributed by atoms with E-state index in [1.54, 1.807) is 70.2 Å². The predicted octanol–water partition coefficient (Wildman–Crippen LogP) is 6.94. The van der Waals surface area contributed by atoms with Gasteiger partial charge < -0.3 is 0 Å². The number of rotatable bonds is 5. The molecule has 0 spiro atoms. The Labute approximate surface area is 212 Å². The molecule has 0 unspecified atom stereocenters. The lowest BCUT2D eigenvalue weighted by Gasteiger charge is -2.19. The van der Waals surface area contributed by atoms with Crippen LogP contribution in [0.3, 0.4) is 0 Å². The highest BCUT2D eigenvalue weighted by atomic mass is 32.2. The van der Waals surface area contributed by atoms with E-state index in [-0.39, 0.29) is 4.21 Å². The number of aromatic nitrogens is 2. The average molecular weight is 532 g/mol. The van der Waals surface area contributed by atoms with Crippen LogP contribution in [-0.4, -0.2) is 23.9 Å². The summed E-state index contributed by atoms with van der Waals surface area (Å²) in [7, 11) is -3.66. The fourth-order valence-electron chi connectivity index (χ4n) is 3.59.